The molecule has 0 bridgehead atoms. The van der Waals surface area contributed by atoms with Crippen LogP contribution in [-0.4, -0.2) is 27.4 Å². The van der Waals surface area contributed by atoms with Gasteiger partial charge in [-0.3, -0.25) is 4.79 Å². The van der Waals surface area contributed by atoms with E-state index in [0.29, 0.717) is 17.1 Å². The smallest absolute Gasteiger partial charge is 0.263 e. The number of ether oxygens (including phenoxy) is 1. The van der Waals surface area contributed by atoms with E-state index in [9.17, 15) is 4.79 Å². The Bertz CT molecular complexity index is 861. The number of carbonyl (C=O) groups excluding carboxylic acids is 1. The van der Waals surface area contributed by atoms with Gasteiger partial charge in [0.25, 0.3) is 5.91 Å². The van der Waals surface area contributed by atoms with Gasteiger partial charge in [-0.15, -0.1) is 0 Å². The van der Waals surface area contributed by atoms with E-state index in [4.69, 9.17) is 4.74 Å². The number of fused-ring (bicyclic) bond motifs is 1. The van der Waals surface area contributed by atoms with Gasteiger partial charge in [0.2, 0.25) is 5.88 Å². The van der Waals surface area contributed by atoms with Crippen molar-refractivity contribution in [1.29, 1.82) is 0 Å². The highest BCUT2D eigenvalue weighted by molar-refractivity contribution is 6.07. The van der Waals surface area contributed by atoms with E-state index in [-0.39, 0.29) is 5.91 Å². The fraction of sp³-hybridized carbons (Fsp3) is 0.250. The average molecular weight is 298 g/mol. The van der Waals surface area contributed by atoms with Crippen molar-refractivity contribution in [2.75, 3.05) is 12.4 Å². The van der Waals surface area contributed by atoms with Crippen molar-refractivity contribution < 1.29 is 9.53 Å². The molecule has 1 amide bonds. The molecule has 0 saturated carbocycles. The third-order valence-corrected chi connectivity index (χ3v) is 3.74. The molecule has 0 radical (unpaired) electrons. The number of amides is 1. The van der Waals surface area contributed by atoms with Crippen LogP contribution in [-0.2, 0) is 14.1 Å². The summed E-state index contributed by atoms with van der Waals surface area (Å²) in [6, 6.07) is 7.86. The lowest BCUT2D eigenvalue weighted by molar-refractivity contribution is 0.102. The van der Waals surface area contributed by atoms with E-state index >= 15 is 0 Å². The molecular weight excluding hydrogens is 280 g/mol. The molecule has 1 aromatic carbocycles. The summed E-state index contributed by atoms with van der Waals surface area (Å²) in [5.41, 5.74) is 2.89. The molecule has 2 heterocycles. The van der Waals surface area contributed by atoms with Gasteiger partial charge in [-0.2, -0.15) is 5.10 Å². The number of nitrogens with zero attached hydrogens (tertiary/aromatic N) is 3. The van der Waals surface area contributed by atoms with Gasteiger partial charge in [-0.05, 0) is 30.5 Å². The summed E-state index contributed by atoms with van der Waals surface area (Å²) in [5, 5.41) is 8.27. The maximum absolute atomic E-state index is 12.5. The molecule has 3 aromatic rings. The minimum Gasteiger partial charge on any atom is -0.481 e. The van der Waals surface area contributed by atoms with Gasteiger partial charge in [0.05, 0.1) is 12.8 Å². The Labute approximate surface area is 128 Å². The molecule has 0 fully saturated rings. The monoisotopic (exact) mass is 298 g/mol. The van der Waals surface area contributed by atoms with Crippen LogP contribution in [0.25, 0.3) is 10.9 Å². The summed E-state index contributed by atoms with van der Waals surface area (Å²) in [5.74, 6) is 0.228. The Morgan fingerprint density at radius 3 is 2.77 bits per heavy atom. The van der Waals surface area contributed by atoms with Crippen LogP contribution < -0.4 is 10.1 Å². The first-order chi connectivity index (χ1) is 10.5. The fourth-order valence-electron chi connectivity index (χ4n) is 2.67. The molecule has 0 spiro atoms. The van der Waals surface area contributed by atoms with Crippen LogP contribution in [0.4, 0.5) is 5.69 Å². The Morgan fingerprint density at radius 2 is 2.05 bits per heavy atom. The largest absolute Gasteiger partial charge is 0.481 e. The number of anilines is 1. The summed E-state index contributed by atoms with van der Waals surface area (Å²) >= 11 is 0. The summed E-state index contributed by atoms with van der Waals surface area (Å²) in [7, 11) is 5.25. The molecule has 0 aliphatic rings. The van der Waals surface area contributed by atoms with Crippen molar-refractivity contribution in [1.82, 2.24) is 14.3 Å². The number of rotatable bonds is 3. The predicted octanol–water partition coefficient (Wildman–Crippen LogP) is 2.48. The molecule has 0 aliphatic heterocycles. The standard InChI is InChI=1S/C16H18N4O2/c1-10-14(16(22-4)20(3)18-10)15(21)17-12-6-5-11-7-8-19(2)13(11)9-12/h5-9H,1-4H3,(H,17,21). The summed E-state index contributed by atoms with van der Waals surface area (Å²) in [6.45, 7) is 1.79. The first-order valence-corrected chi connectivity index (χ1v) is 6.95. The number of nitrogens with one attached hydrogen (secondary N) is 1. The second kappa shape index (κ2) is 5.22. The molecule has 0 unspecified atom stereocenters. The lowest BCUT2D eigenvalue weighted by Crippen LogP contribution is -2.14. The molecule has 0 saturated heterocycles. The van der Waals surface area contributed by atoms with Gasteiger partial charge in [0.1, 0.15) is 5.56 Å². The molecule has 114 valence electrons. The Morgan fingerprint density at radius 1 is 1.27 bits per heavy atom. The van der Waals surface area contributed by atoms with Crippen molar-refractivity contribution in [3.8, 4) is 5.88 Å². The van der Waals surface area contributed by atoms with Gasteiger partial charge < -0.3 is 14.6 Å². The Balaban J connectivity index is 1.94. The Hall–Kier alpha value is -2.76. The van der Waals surface area contributed by atoms with Crippen molar-refractivity contribution in [3.05, 3.63) is 41.7 Å². The van der Waals surface area contributed by atoms with Gasteiger partial charge in [0.15, 0.2) is 0 Å². The number of methoxy groups -OCH3 is 1. The zero-order valence-corrected chi connectivity index (χ0v) is 13.0. The van der Waals surface area contributed by atoms with Crippen LogP contribution in [0.1, 0.15) is 16.1 Å². The van der Waals surface area contributed by atoms with Crippen molar-refractivity contribution >= 4 is 22.5 Å². The van der Waals surface area contributed by atoms with E-state index in [2.05, 4.69) is 10.4 Å². The van der Waals surface area contributed by atoms with Crippen LogP contribution in [0.2, 0.25) is 0 Å². The van der Waals surface area contributed by atoms with Crippen LogP contribution in [0.3, 0.4) is 0 Å². The molecule has 0 atom stereocenters. The lowest BCUT2D eigenvalue weighted by atomic mass is 10.2. The zero-order chi connectivity index (χ0) is 15.9. The van der Waals surface area contributed by atoms with Gasteiger partial charge >= 0.3 is 0 Å². The first kappa shape index (κ1) is 14.2. The highest BCUT2D eigenvalue weighted by Gasteiger charge is 2.21. The predicted molar refractivity (Wildman–Crippen MR) is 85.4 cm³/mol. The minimum absolute atomic E-state index is 0.226. The van der Waals surface area contributed by atoms with E-state index < -0.39 is 0 Å². The highest BCUT2D eigenvalue weighted by Crippen LogP contribution is 2.24. The second-order valence-electron chi connectivity index (χ2n) is 5.25. The molecule has 3 rings (SSSR count). The van der Waals surface area contributed by atoms with E-state index in [1.165, 1.54) is 7.11 Å². The minimum atomic E-state index is -0.226. The topological polar surface area (TPSA) is 61.1 Å². The Kier molecular flexibility index (Phi) is 3.36. The maximum Gasteiger partial charge on any atom is 0.263 e. The quantitative estimate of drug-likeness (QED) is 0.808. The van der Waals surface area contributed by atoms with Crippen LogP contribution in [0, 0.1) is 6.92 Å². The third kappa shape index (κ3) is 2.22. The SMILES string of the molecule is COc1c(C(=O)Nc2ccc3ccn(C)c3c2)c(C)nn1C. The molecule has 2 aromatic heterocycles. The molecule has 0 aliphatic carbocycles. The molecule has 1 N–H and O–H groups in total. The van der Waals surface area contributed by atoms with Crippen molar-refractivity contribution in [2.24, 2.45) is 14.1 Å². The zero-order valence-electron chi connectivity index (χ0n) is 13.0. The number of hydrogen-bond acceptors (Lipinski definition) is 3. The van der Waals surface area contributed by atoms with Crippen LogP contribution in [0.15, 0.2) is 30.5 Å². The third-order valence-electron chi connectivity index (χ3n) is 3.74. The van der Waals surface area contributed by atoms with Crippen LogP contribution >= 0.6 is 0 Å². The highest BCUT2D eigenvalue weighted by atomic mass is 16.5. The van der Waals surface area contributed by atoms with Crippen LogP contribution in [0.5, 0.6) is 5.88 Å². The average Bonchev–Trinajstić information content (AvgIpc) is 2.98. The summed E-state index contributed by atoms with van der Waals surface area (Å²) in [6.07, 6.45) is 1.99. The first-order valence-electron chi connectivity index (χ1n) is 6.95. The number of hydrogen-bond donors (Lipinski definition) is 1. The van der Waals surface area contributed by atoms with Gasteiger partial charge in [0, 0.05) is 31.5 Å². The number of benzene rings is 1. The van der Waals surface area contributed by atoms with Gasteiger partial charge in [-0.25, -0.2) is 4.68 Å². The van der Waals surface area contributed by atoms with E-state index in [0.717, 1.165) is 16.6 Å². The molecule has 6 nitrogen and oxygen atoms in total. The molecule has 22 heavy (non-hydrogen) atoms. The number of carbonyl (C=O) groups is 1. The van der Waals surface area contributed by atoms with E-state index in [1.807, 2.05) is 42.1 Å². The number of aryl methyl sites for hydroxylation is 3. The lowest BCUT2D eigenvalue weighted by Gasteiger charge is -2.07. The molecular formula is C16H18N4O2. The fourth-order valence-corrected chi connectivity index (χ4v) is 2.67. The van der Waals surface area contributed by atoms with Crippen molar-refractivity contribution in [3.63, 3.8) is 0 Å². The summed E-state index contributed by atoms with van der Waals surface area (Å²) < 4.78 is 8.84. The maximum atomic E-state index is 12.5. The molecule has 6 heteroatoms. The summed E-state index contributed by atoms with van der Waals surface area (Å²) in [4.78, 5) is 12.5. The van der Waals surface area contributed by atoms with E-state index in [1.54, 1.807) is 18.7 Å². The second-order valence-corrected chi connectivity index (χ2v) is 5.25. The van der Waals surface area contributed by atoms with Gasteiger partial charge in [-0.1, -0.05) is 6.07 Å². The van der Waals surface area contributed by atoms with Crippen molar-refractivity contribution in [2.45, 2.75) is 6.92 Å². The number of aromatic nitrogens is 3. The normalized spacial score (nSPS) is 10.9.